The fourth-order valence-corrected chi connectivity index (χ4v) is 4.45. The van der Waals surface area contributed by atoms with Crippen molar-refractivity contribution in [2.24, 2.45) is 0 Å². The lowest BCUT2D eigenvalue weighted by Gasteiger charge is -2.35. The summed E-state index contributed by atoms with van der Waals surface area (Å²) in [5.74, 6) is 1.47. The van der Waals surface area contributed by atoms with Gasteiger partial charge in [-0.3, -0.25) is 19.5 Å². The smallest absolute Gasteiger partial charge is 0.274 e. The summed E-state index contributed by atoms with van der Waals surface area (Å²) in [7, 11) is 3.27. The number of hydrogen-bond donors (Lipinski definition) is 0. The number of rotatable bonds is 6. The number of piperazine rings is 1. The number of ether oxygens (including phenoxy) is 2. The van der Waals surface area contributed by atoms with Gasteiger partial charge in [-0.05, 0) is 25.0 Å². The number of nitrogens with zero attached hydrogens (tertiary/aromatic N) is 5. The van der Waals surface area contributed by atoms with E-state index < -0.39 is 0 Å². The summed E-state index contributed by atoms with van der Waals surface area (Å²) < 4.78 is 10.9. The number of amides is 2. The van der Waals surface area contributed by atoms with Crippen molar-refractivity contribution in [2.45, 2.75) is 18.9 Å². The van der Waals surface area contributed by atoms with Gasteiger partial charge < -0.3 is 19.3 Å². The molecule has 1 aromatic carbocycles. The van der Waals surface area contributed by atoms with Crippen LogP contribution in [0.25, 0.3) is 0 Å². The lowest BCUT2D eigenvalue weighted by molar-refractivity contribution is -0.133. The molecule has 2 aliphatic rings. The molecule has 0 spiro atoms. The van der Waals surface area contributed by atoms with Crippen LogP contribution in [0.1, 0.15) is 34.9 Å². The van der Waals surface area contributed by atoms with E-state index in [2.05, 4.69) is 14.9 Å². The predicted molar refractivity (Wildman–Crippen MR) is 118 cm³/mol. The average Bonchev–Trinajstić information content (AvgIpc) is 3.34. The first kappa shape index (κ1) is 22.0. The molecule has 0 bridgehead atoms. The number of carbonyl (C=O) groups excluding carboxylic acids is 2. The number of methoxy groups -OCH3 is 2. The van der Waals surface area contributed by atoms with Gasteiger partial charge in [-0.25, -0.2) is 4.98 Å². The first-order chi connectivity index (χ1) is 15.6. The summed E-state index contributed by atoms with van der Waals surface area (Å²) >= 11 is 0. The standard InChI is InChI=1S/C23H29N5O4/c1-31-17-5-6-18(21(14-17)32-2)20-4-3-9-28(20)22(29)16-26-10-12-27(13-11-26)23(30)19-15-24-7-8-25-19/h5-8,14-15,20H,3-4,9-13,16H2,1-2H3. The second-order valence-corrected chi connectivity index (χ2v) is 8.01. The Morgan fingerprint density at radius 1 is 1.06 bits per heavy atom. The molecule has 0 saturated carbocycles. The minimum Gasteiger partial charge on any atom is -0.497 e. The number of aromatic nitrogens is 2. The summed E-state index contributed by atoms with van der Waals surface area (Å²) in [5.41, 5.74) is 1.36. The fraction of sp³-hybridized carbons (Fsp3) is 0.478. The fourth-order valence-electron chi connectivity index (χ4n) is 4.45. The van der Waals surface area contributed by atoms with Gasteiger partial charge in [-0.1, -0.05) is 0 Å². The van der Waals surface area contributed by atoms with E-state index >= 15 is 0 Å². The van der Waals surface area contributed by atoms with Crippen molar-refractivity contribution in [3.8, 4) is 11.5 Å². The minimum absolute atomic E-state index is 0.00266. The second kappa shape index (κ2) is 9.95. The molecule has 32 heavy (non-hydrogen) atoms. The molecule has 2 amide bonds. The third-order valence-corrected chi connectivity index (χ3v) is 6.17. The van der Waals surface area contributed by atoms with Crippen LogP contribution in [0.2, 0.25) is 0 Å². The van der Waals surface area contributed by atoms with Gasteiger partial charge in [-0.15, -0.1) is 0 Å². The number of benzene rings is 1. The van der Waals surface area contributed by atoms with Crippen LogP contribution in [0.4, 0.5) is 0 Å². The maximum Gasteiger partial charge on any atom is 0.274 e. The molecule has 3 heterocycles. The largest absolute Gasteiger partial charge is 0.497 e. The highest BCUT2D eigenvalue weighted by molar-refractivity contribution is 5.92. The highest BCUT2D eigenvalue weighted by Gasteiger charge is 2.33. The van der Waals surface area contributed by atoms with Crippen molar-refractivity contribution in [3.05, 3.63) is 48.0 Å². The summed E-state index contributed by atoms with van der Waals surface area (Å²) in [6.07, 6.45) is 6.43. The lowest BCUT2D eigenvalue weighted by atomic mass is 10.0. The molecule has 0 N–H and O–H groups in total. The van der Waals surface area contributed by atoms with E-state index in [0.717, 1.165) is 36.4 Å². The highest BCUT2D eigenvalue weighted by Crippen LogP contribution is 2.38. The maximum absolute atomic E-state index is 13.2. The zero-order chi connectivity index (χ0) is 22.5. The Morgan fingerprint density at radius 3 is 2.56 bits per heavy atom. The molecule has 9 nitrogen and oxygen atoms in total. The molecule has 0 aliphatic carbocycles. The van der Waals surface area contributed by atoms with Crippen LogP contribution in [0.3, 0.4) is 0 Å². The van der Waals surface area contributed by atoms with E-state index in [-0.39, 0.29) is 17.9 Å². The van der Waals surface area contributed by atoms with Crippen LogP contribution in [0.5, 0.6) is 11.5 Å². The molecule has 170 valence electrons. The Morgan fingerprint density at radius 2 is 1.88 bits per heavy atom. The highest BCUT2D eigenvalue weighted by atomic mass is 16.5. The van der Waals surface area contributed by atoms with Gasteiger partial charge in [0.1, 0.15) is 17.2 Å². The van der Waals surface area contributed by atoms with E-state index in [9.17, 15) is 9.59 Å². The minimum atomic E-state index is -0.115. The van der Waals surface area contributed by atoms with Crippen LogP contribution in [0.15, 0.2) is 36.8 Å². The molecule has 9 heteroatoms. The van der Waals surface area contributed by atoms with Gasteiger partial charge in [0.25, 0.3) is 5.91 Å². The van der Waals surface area contributed by atoms with Crippen molar-refractivity contribution >= 4 is 11.8 Å². The second-order valence-electron chi connectivity index (χ2n) is 8.01. The molecule has 2 saturated heterocycles. The van der Waals surface area contributed by atoms with E-state index in [4.69, 9.17) is 9.47 Å². The van der Waals surface area contributed by atoms with E-state index in [1.807, 2.05) is 23.1 Å². The molecular weight excluding hydrogens is 410 g/mol. The van der Waals surface area contributed by atoms with Crippen molar-refractivity contribution in [3.63, 3.8) is 0 Å². The monoisotopic (exact) mass is 439 g/mol. The molecule has 2 aliphatic heterocycles. The molecule has 2 aromatic rings. The molecule has 4 rings (SSSR count). The van der Waals surface area contributed by atoms with Gasteiger partial charge in [0.05, 0.1) is 33.0 Å². The molecule has 1 unspecified atom stereocenters. The third kappa shape index (κ3) is 4.67. The van der Waals surface area contributed by atoms with Crippen molar-refractivity contribution < 1.29 is 19.1 Å². The van der Waals surface area contributed by atoms with Gasteiger partial charge in [0.15, 0.2) is 0 Å². The van der Waals surface area contributed by atoms with Crippen LogP contribution < -0.4 is 9.47 Å². The Bertz CT molecular complexity index is 947. The Labute approximate surface area is 187 Å². The quantitative estimate of drug-likeness (QED) is 0.676. The molecule has 1 aromatic heterocycles. The lowest BCUT2D eigenvalue weighted by Crippen LogP contribution is -2.51. The summed E-state index contributed by atoms with van der Waals surface area (Å²) in [4.78, 5) is 39.6. The normalized spacial score (nSPS) is 19.1. The zero-order valence-corrected chi connectivity index (χ0v) is 18.6. The Hall–Kier alpha value is -3.20. The topological polar surface area (TPSA) is 88.1 Å². The van der Waals surface area contributed by atoms with Crippen LogP contribution >= 0.6 is 0 Å². The molecule has 1 atom stereocenters. The Balaban J connectivity index is 1.36. The average molecular weight is 440 g/mol. The van der Waals surface area contributed by atoms with E-state index in [1.165, 1.54) is 12.4 Å². The summed E-state index contributed by atoms with van der Waals surface area (Å²) in [6, 6.07) is 5.77. The first-order valence-corrected chi connectivity index (χ1v) is 10.9. The SMILES string of the molecule is COc1ccc(C2CCCN2C(=O)CN2CCN(C(=O)c3cnccn3)CC2)c(OC)c1. The number of likely N-dealkylation sites (tertiary alicyclic amines) is 1. The zero-order valence-electron chi connectivity index (χ0n) is 18.6. The van der Waals surface area contributed by atoms with Crippen LogP contribution in [0, 0.1) is 0 Å². The molecule has 0 radical (unpaired) electrons. The van der Waals surface area contributed by atoms with Crippen molar-refractivity contribution in [1.29, 1.82) is 0 Å². The Kier molecular flexibility index (Phi) is 6.84. The van der Waals surface area contributed by atoms with Gasteiger partial charge in [0, 0.05) is 56.7 Å². The van der Waals surface area contributed by atoms with Crippen molar-refractivity contribution in [1.82, 2.24) is 24.7 Å². The van der Waals surface area contributed by atoms with Gasteiger partial charge in [-0.2, -0.15) is 0 Å². The van der Waals surface area contributed by atoms with Crippen molar-refractivity contribution in [2.75, 3.05) is 53.5 Å². The first-order valence-electron chi connectivity index (χ1n) is 10.9. The van der Waals surface area contributed by atoms with E-state index in [0.29, 0.717) is 38.4 Å². The molecular formula is C23H29N5O4. The predicted octanol–water partition coefficient (Wildman–Crippen LogP) is 1.62. The van der Waals surface area contributed by atoms with Crippen LogP contribution in [-0.4, -0.2) is 90.0 Å². The third-order valence-electron chi connectivity index (χ3n) is 6.17. The summed E-state index contributed by atoms with van der Waals surface area (Å²) in [6.45, 7) is 3.53. The van der Waals surface area contributed by atoms with E-state index in [1.54, 1.807) is 25.3 Å². The van der Waals surface area contributed by atoms with Crippen LogP contribution in [-0.2, 0) is 4.79 Å². The maximum atomic E-state index is 13.2. The number of carbonyl (C=O) groups is 2. The van der Waals surface area contributed by atoms with Gasteiger partial charge >= 0.3 is 0 Å². The van der Waals surface area contributed by atoms with Gasteiger partial charge in [0.2, 0.25) is 5.91 Å². The summed E-state index contributed by atoms with van der Waals surface area (Å²) in [5, 5.41) is 0. The molecule has 2 fully saturated rings. The number of hydrogen-bond acceptors (Lipinski definition) is 7.